The molecule has 3 aromatic rings. The van der Waals surface area contributed by atoms with Gasteiger partial charge in [-0.15, -0.1) is 0 Å². The Hall–Kier alpha value is -3.41. The Balaban J connectivity index is 1.63. The van der Waals surface area contributed by atoms with Crippen molar-refractivity contribution in [1.82, 2.24) is 10.5 Å². The first kappa shape index (κ1) is 16.4. The molecule has 25 heavy (non-hydrogen) atoms. The zero-order chi connectivity index (χ0) is 17.8. The highest BCUT2D eigenvalue weighted by molar-refractivity contribution is 5.93. The highest BCUT2D eigenvalue weighted by Crippen LogP contribution is 2.19. The Labute approximate surface area is 144 Å². The number of hydrogen-bond acceptors (Lipinski definition) is 4. The van der Waals surface area contributed by atoms with Gasteiger partial charge in [0, 0.05) is 23.7 Å². The molecule has 0 unspecified atom stereocenters. The summed E-state index contributed by atoms with van der Waals surface area (Å²) in [6.45, 7) is 2.31. The fourth-order valence-corrected chi connectivity index (χ4v) is 2.30. The second kappa shape index (κ2) is 7.00. The minimum Gasteiger partial charge on any atom is -0.366 e. The van der Waals surface area contributed by atoms with Crippen LogP contribution < -0.4 is 11.1 Å². The molecule has 0 bridgehead atoms. The maximum atomic E-state index is 12.2. The van der Waals surface area contributed by atoms with E-state index in [-0.39, 0.29) is 11.7 Å². The lowest BCUT2D eigenvalue weighted by atomic mass is 10.1. The van der Waals surface area contributed by atoms with Gasteiger partial charge >= 0.3 is 0 Å². The fourth-order valence-electron chi connectivity index (χ4n) is 2.30. The quantitative estimate of drug-likeness (QED) is 0.749. The summed E-state index contributed by atoms with van der Waals surface area (Å²) in [5.41, 5.74) is 9.10. The summed E-state index contributed by atoms with van der Waals surface area (Å²) in [6, 6.07) is 16.1. The molecule has 0 fully saturated rings. The first-order valence-corrected chi connectivity index (χ1v) is 7.73. The molecule has 3 rings (SSSR count). The molecule has 0 radical (unpaired) electrons. The first-order chi connectivity index (χ1) is 12.0. The molecule has 2 amide bonds. The Morgan fingerprint density at radius 2 is 1.76 bits per heavy atom. The van der Waals surface area contributed by atoms with Gasteiger partial charge in [-0.2, -0.15) is 0 Å². The Morgan fingerprint density at radius 1 is 1.08 bits per heavy atom. The van der Waals surface area contributed by atoms with Crippen molar-refractivity contribution in [3.63, 3.8) is 0 Å². The van der Waals surface area contributed by atoms with E-state index in [4.69, 9.17) is 10.3 Å². The van der Waals surface area contributed by atoms with Crippen molar-refractivity contribution in [2.45, 2.75) is 13.5 Å². The summed E-state index contributed by atoms with van der Waals surface area (Å²) in [4.78, 5) is 23.2. The fraction of sp³-hybridized carbons (Fsp3) is 0.105. The molecule has 3 N–H and O–H groups in total. The van der Waals surface area contributed by atoms with Crippen LogP contribution in [0.1, 0.15) is 32.0 Å². The topological polar surface area (TPSA) is 98.2 Å². The Morgan fingerprint density at radius 3 is 2.40 bits per heavy atom. The molecule has 0 spiro atoms. The minimum atomic E-state index is -0.485. The maximum absolute atomic E-state index is 12.2. The zero-order valence-electron chi connectivity index (χ0n) is 13.7. The van der Waals surface area contributed by atoms with Gasteiger partial charge in [-0.25, -0.2) is 0 Å². The van der Waals surface area contributed by atoms with E-state index in [1.54, 1.807) is 30.3 Å². The van der Waals surface area contributed by atoms with E-state index >= 15 is 0 Å². The van der Waals surface area contributed by atoms with Crippen LogP contribution in [-0.2, 0) is 6.54 Å². The third kappa shape index (κ3) is 3.92. The molecular weight excluding hydrogens is 318 g/mol. The average molecular weight is 335 g/mol. The number of aromatic nitrogens is 1. The molecule has 2 aromatic carbocycles. The van der Waals surface area contributed by atoms with Crippen LogP contribution >= 0.6 is 0 Å². The number of hydrogen-bond donors (Lipinski definition) is 2. The summed E-state index contributed by atoms with van der Waals surface area (Å²) in [7, 11) is 0. The number of primary amides is 1. The van der Waals surface area contributed by atoms with Gasteiger partial charge in [-0.05, 0) is 24.6 Å². The van der Waals surface area contributed by atoms with E-state index in [1.807, 2.05) is 31.2 Å². The molecule has 0 aliphatic rings. The van der Waals surface area contributed by atoms with Crippen LogP contribution in [0.5, 0.6) is 0 Å². The minimum absolute atomic E-state index is 0.143. The third-order valence-electron chi connectivity index (χ3n) is 3.77. The van der Waals surface area contributed by atoms with E-state index in [0.717, 1.165) is 16.7 Å². The largest absolute Gasteiger partial charge is 0.366 e. The van der Waals surface area contributed by atoms with Crippen LogP contribution in [-0.4, -0.2) is 17.0 Å². The number of amides is 2. The molecule has 6 heteroatoms. The summed E-state index contributed by atoms with van der Waals surface area (Å²) in [5.74, 6) is -0.699. The number of nitrogens with one attached hydrogen (secondary N) is 1. The van der Waals surface area contributed by atoms with Crippen molar-refractivity contribution in [1.29, 1.82) is 0 Å². The van der Waals surface area contributed by atoms with Crippen molar-refractivity contribution in [3.8, 4) is 11.3 Å². The second-order valence-corrected chi connectivity index (χ2v) is 5.69. The molecule has 126 valence electrons. The van der Waals surface area contributed by atoms with Gasteiger partial charge in [0.1, 0.15) is 5.69 Å². The lowest BCUT2D eigenvalue weighted by Gasteiger charge is -2.03. The van der Waals surface area contributed by atoms with Crippen LogP contribution in [0.4, 0.5) is 0 Å². The van der Waals surface area contributed by atoms with E-state index < -0.39 is 5.91 Å². The van der Waals surface area contributed by atoms with Gasteiger partial charge in [-0.3, -0.25) is 9.59 Å². The smallest absolute Gasteiger partial charge is 0.290 e. The second-order valence-electron chi connectivity index (χ2n) is 5.69. The van der Waals surface area contributed by atoms with Gasteiger partial charge in [0.05, 0.1) is 0 Å². The predicted molar refractivity (Wildman–Crippen MR) is 92.8 cm³/mol. The number of aryl methyl sites for hydroxylation is 1. The monoisotopic (exact) mass is 335 g/mol. The number of carbonyl (C=O) groups excluding carboxylic acids is 2. The third-order valence-corrected chi connectivity index (χ3v) is 3.77. The number of nitrogens with zero attached hydrogens (tertiary/aromatic N) is 1. The predicted octanol–water partition coefficient (Wildman–Crippen LogP) is 2.68. The van der Waals surface area contributed by atoms with E-state index in [1.165, 1.54) is 0 Å². The Bertz CT molecular complexity index is 896. The first-order valence-electron chi connectivity index (χ1n) is 7.73. The van der Waals surface area contributed by atoms with Crippen molar-refractivity contribution in [3.05, 3.63) is 77.0 Å². The highest BCUT2D eigenvalue weighted by Gasteiger charge is 2.13. The maximum Gasteiger partial charge on any atom is 0.290 e. The number of nitrogens with two attached hydrogens (primary N) is 1. The molecule has 0 atom stereocenters. The molecule has 0 aliphatic carbocycles. The highest BCUT2D eigenvalue weighted by atomic mass is 16.5. The van der Waals surface area contributed by atoms with Crippen LogP contribution in [0.2, 0.25) is 0 Å². The van der Waals surface area contributed by atoms with E-state index in [9.17, 15) is 9.59 Å². The molecule has 1 aromatic heterocycles. The normalized spacial score (nSPS) is 10.4. The molecular formula is C19H17N3O3. The van der Waals surface area contributed by atoms with Crippen LogP contribution in [0, 0.1) is 6.92 Å². The van der Waals surface area contributed by atoms with E-state index in [0.29, 0.717) is 17.8 Å². The zero-order valence-corrected chi connectivity index (χ0v) is 13.7. The van der Waals surface area contributed by atoms with Crippen LogP contribution in [0.15, 0.2) is 59.1 Å². The van der Waals surface area contributed by atoms with Crippen LogP contribution in [0.25, 0.3) is 11.3 Å². The average Bonchev–Trinajstić information content (AvgIpc) is 3.11. The summed E-state index contributed by atoms with van der Waals surface area (Å²) in [6.07, 6.45) is 0. The summed E-state index contributed by atoms with van der Waals surface area (Å²) >= 11 is 0. The van der Waals surface area contributed by atoms with Crippen molar-refractivity contribution in [2.75, 3.05) is 0 Å². The van der Waals surface area contributed by atoms with Gasteiger partial charge < -0.3 is 15.6 Å². The van der Waals surface area contributed by atoms with Crippen molar-refractivity contribution >= 4 is 11.8 Å². The van der Waals surface area contributed by atoms with Crippen molar-refractivity contribution in [2.24, 2.45) is 5.73 Å². The van der Waals surface area contributed by atoms with Crippen molar-refractivity contribution < 1.29 is 14.1 Å². The van der Waals surface area contributed by atoms with E-state index in [2.05, 4.69) is 10.5 Å². The van der Waals surface area contributed by atoms with Gasteiger partial charge in [-0.1, -0.05) is 47.1 Å². The molecule has 0 saturated carbocycles. The number of carbonyl (C=O) groups is 2. The van der Waals surface area contributed by atoms with Gasteiger partial charge in [0.2, 0.25) is 11.7 Å². The number of benzene rings is 2. The SMILES string of the molecule is Cc1ccc(-c2cc(C(=O)NCc3ccc(C(N)=O)cc3)on2)cc1. The molecule has 0 aliphatic heterocycles. The Kier molecular flexibility index (Phi) is 4.61. The molecule has 6 nitrogen and oxygen atoms in total. The summed E-state index contributed by atoms with van der Waals surface area (Å²) < 4.78 is 5.13. The number of rotatable bonds is 5. The lowest BCUT2D eigenvalue weighted by molar-refractivity contribution is 0.0913. The standard InChI is InChI=1S/C19H17N3O3/c1-12-2-6-14(7-3-12)16-10-17(25-22-16)19(24)21-11-13-4-8-15(9-5-13)18(20)23/h2-10H,11H2,1H3,(H2,20,23)(H,21,24). The molecule has 1 heterocycles. The van der Waals surface area contributed by atoms with Crippen LogP contribution in [0.3, 0.4) is 0 Å². The summed E-state index contributed by atoms with van der Waals surface area (Å²) in [5, 5.41) is 6.68. The lowest BCUT2D eigenvalue weighted by Crippen LogP contribution is -2.22. The van der Waals surface area contributed by atoms with Gasteiger partial charge in [0.25, 0.3) is 5.91 Å². The molecule has 0 saturated heterocycles. The van der Waals surface area contributed by atoms with Gasteiger partial charge in [0.15, 0.2) is 0 Å².